The van der Waals surface area contributed by atoms with Crippen LogP contribution in [0.15, 0.2) is 24.3 Å². The van der Waals surface area contributed by atoms with E-state index in [1.807, 2.05) is 12.1 Å². The lowest BCUT2D eigenvalue weighted by Crippen LogP contribution is -2.36. The molecule has 1 saturated heterocycles. The van der Waals surface area contributed by atoms with Gasteiger partial charge in [-0.3, -0.25) is 4.90 Å². The Morgan fingerprint density at radius 1 is 1.32 bits per heavy atom. The number of nitrogens with two attached hydrogens (primary N) is 1. The van der Waals surface area contributed by atoms with Gasteiger partial charge in [0.05, 0.1) is 0 Å². The molecule has 19 heavy (non-hydrogen) atoms. The number of hydrogen-bond donors (Lipinski definition) is 1. The standard InChI is InChI=1S/C15H23FN2O/c1-18(11-12-6-8-19-9-7-12)15(10-17)13-2-4-14(16)5-3-13/h2-5,12,15H,6-11,17H2,1H3. The lowest BCUT2D eigenvalue weighted by Gasteiger charge is -2.32. The van der Waals surface area contributed by atoms with Crippen LogP contribution >= 0.6 is 0 Å². The molecule has 0 amide bonds. The van der Waals surface area contributed by atoms with E-state index in [0.29, 0.717) is 12.5 Å². The minimum atomic E-state index is -0.202. The maximum Gasteiger partial charge on any atom is 0.123 e. The van der Waals surface area contributed by atoms with Crippen molar-refractivity contribution in [3.8, 4) is 0 Å². The zero-order valence-electron chi connectivity index (χ0n) is 11.5. The van der Waals surface area contributed by atoms with Gasteiger partial charge in [0.1, 0.15) is 5.82 Å². The Hall–Kier alpha value is -0.970. The van der Waals surface area contributed by atoms with Crippen LogP contribution in [0.4, 0.5) is 4.39 Å². The monoisotopic (exact) mass is 266 g/mol. The SMILES string of the molecule is CN(CC1CCOCC1)C(CN)c1ccc(F)cc1. The molecule has 1 fully saturated rings. The Morgan fingerprint density at radius 3 is 2.53 bits per heavy atom. The first-order valence-corrected chi connectivity index (χ1v) is 6.94. The molecule has 1 heterocycles. The minimum absolute atomic E-state index is 0.156. The maximum absolute atomic E-state index is 13.0. The van der Waals surface area contributed by atoms with Crippen LogP contribution in [0.5, 0.6) is 0 Å². The number of benzene rings is 1. The van der Waals surface area contributed by atoms with Crippen molar-refractivity contribution in [1.29, 1.82) is 0 Å². The number of ether oxygens (including phenoxy) is 1. The highest BCUT2D eigenvalue weighted by Gasteiger charge is 2.21. The highest BCUT2D eigenvalue weighted by molar-refractivity contribution is 5.20. The normalized spacial score (nSPS) is 18.7. The molecule has 0 saturated carbocycles. The van der Waals surface area contributed by atoms with E-state index in [0.717, 1.165) is 38.2 Å². The fourth-order valence-electron chi connectivity index (χ4n) is 2.72. The van der Waals surface area contributed by atoms with Crippen molar-refractivity contribution in [2.24, 2.45) is 11.7 Å². The van der Waals surface area contributed by atoms with Gasteiger partial charge in [-0.05, 0) is 43.5 Å². The highest BCUT2D eigenvalue weighted by Crippen LogP contribution is 2.23. The van der Waals surface area contributed by atoms with Gasteiger partial charge in [0.25, 0.3) is 0 Å². The molecular formula is C15H23FN2O. The fourth-order valence-corrected chi connectivity index (χ4v) is 2.72. The van der Waals surface area contributed by atoms with Crippen LogP contribution in [0.2, 0.25) is 0 Å². The third-order valence-corrected chi connectivity index (χ3v) is 3.90. The molecule has 0 bridgehead atoms. The summed E-state index contributed by atoms with van der Waals surface area (Å²) in [5, 5.41) is 0. The molecule has 0 aromatic heterocycles. The predicted octanol–water partition coefficient (Wildman–Crippen LogP) is 2.18. The number of hydrogen-bond acceptors (Lipinski definition) is 3. The molecule has 0 spiro atoms. The van der Waals surface area contributed by atoms with Gasteiger partial charge in [-0.1, -0.05) is 12.1 Å². The largest absolute Gasteiger partial charge is 0.381 e. The zero-order chi connectivity index (χ0) is 13.7. The van der Waals surface area contributed by atoms with Crippen LogP contribution in [0.1, 0.15) is 24.4 Å². The van der Waals surface area contributed by atoms with E-state index in [4.69, 9.17) is 10.5 Å². The van der Waals surface area contributed by atoms with Gasteiger partial charge >= 0.3 is 0 Å². The van der Waals surface area contributed by atoms with Gasteiger partial charge in [-0.25, -0.2) is 4.39 Å². The Labute approximate surface area is 114 Å². The first-order valence-electron chi connectivity index (χ1n) is 6.94. The van der Waals surface area contributed by atoms with Gasteiger partial charge < -0.3 is 10.5 Å². The summed E-state index contributed by atoms with van der Waals surface area (Å²) >= 11 is 0. The molecule has 2 N–H and O–H groups in total. The third kappa shape index (κ3) is 4.00. The van der Waals surface area contributed by atoms with Gasteiger partial charge in [-0.15, -0.1) is 0 Å². The summed E-state index contributed by atoms with van der Waals surface area (Å²) in [7, 11) is 2.09. The van der Waals surface area contributed by atoms with Crippen molar-refractivity contribution in [3.63, 3.8) is 0 Å². The molecule has 0 radical (unpaired) electrons. The van der Waals surface area contributed by atoms with E-state index in [1.165, 1.54) is 12.1 Å². The Kier molecular flexibility index (Phi) is 5.31. The molecule has 1 aliphatic rings. The van der Waals surface area contributed by atoms with E-state index in [9.17, 15) is 4.39 Å². The van der Waals surface area contributed by atoms with Crippen LogP contribution in [-0.4, -0.2) is 38.3 Å². The first-order chi connectivity index (χ1) is 9.20. The first kappa shape index (κ1) is 14.4. The van der Waals surface area contributed by atoms with Crippen molar-refractivity contribution in [2.45, 2.75) is 18.9 Å². The van der Waals surface area contributed by atoms with E-state index in [2.05, 4.69) is 11.9 Å². The van der Waals surface area contributed by atoms with Crippen molar-refractivity contribution in [1.82, 2.24) is 4.90 Å². The van der Waals surface area contributed by atoms with Crippen LogP contribution in [-0.2, 0) is 4.74 Å². The Bertz CT molecular complexity index is 376. The number of likely N-dealkylation sites (N-methyl/N-ethyl adjacent to an activating group) is 1. The topological polar surface area (TPSA) is 38.5 Å². The lowest BCUT2D eigenvalue weighted by molar-refractivity contribution is 0.0507. The van der Waals surface area contributed by atoms with Crippen molar-refractivity contribution >= 4 is 0 Å². The van der Waals surface area contributed by atoms with Gasteiger partial charge in [0.15, 0.2) is 0 Å². The molecule has 4 heteroatoms. The van der Waals surface area contributed by atoms with Crippen molar-refractivity contribution in [3.05, 3.63) is 35.6 Å². The van der Waals surface area contributed by atoms with Gasteiger partial charge in [-0.2, -0.15) is 0 Å². The molecule has 1 aliphatic heterocycles. The van der Waals surface area contributed by atoms with E-state index >= 15 is 0 Å². The third-order valence-electron chi connectivity index (χ3n) is 3.90. The molecule has 1 aromatic rings. The minimum Gasteiger partial charge on any atom is -0.381 e. The van der Waals surface area contributed by atoms with E-state index in [1.54, 1.807) is 0 Å². The second-order valence-electron chi connectivity index (χ2n) is 5.30. The average Bonchev–Trinajstić information content (AvgIpc) is 2.43. The smallest absolute Gasteiger partial charge is 0.123 e. The van der Waals surface area contributed by atoms with Gasteiger partial charge in [0.2, 0.25) is 0 Å². The van der Waals surface area contributed by atoms with Crippen LogP contribution in [0, 0.1) is 11.7 Å². The molecule has 2 rings (SSSR count). The molecule has 1 atom stereocenters. The second-order valence-corrected chi connectivity index (χ2v) is 5.30. The molecule has 1 aromatic carbocycles. The van der Waals surface area contributed by atoms with Crippen LogP contribution in [0.3, 0.4) is 0 Å². The summed E-state index contributed by atoms with van der Waals surface area (Å²) in [5.74, 6) is 0.472. The second kappa shape index (κ2) is 6.98. The summed E-state index contributed by atoms with van der Waals surface area (Å²) < 4.78 is 18.4. The number of nitrogens with zero attached hydrogens (tertiary/aromatic N) is 1. The molecule has 3 nitrogen and oxygen atoms in total. The zero-order valence-corrected chi connectivity index (χ0v) is 11.5. The average molecular weight is 266 g/mol. The fraction of sp³-hybridized carbons (Fsp3) is 0.600. The molecular weight excluding hydrogens is 243 g/mol. The summed E-state index contributed by atoms with van der Waals surface area (Å²) in [4.78, 5) is 2.28. The summed E-state index contributed by atoms with van der Waals surface area (Å²) in [5.41, 5.74) is 6.97. The van der Waals surface area contributed by atoms with Crippen LogP contribution < -0.4 is 5.73 Å². The number of halogens is 1. The summed E-state index contributed by atoms with van der Waals surface area (Å²) in [6.45, 7) is 3.29. The quantitative estimate of drug-likeness (QED) is 0.888. The summed E-state index contributed by atoms with van der Waals surface area (Å²) in [6, 6.07) is 6.81. The molecule has 0 aliphatic carbocycles. The molecule has 106 valence electrons. The maximum atomic E-state index is 13.0. The lowest BCUT2D eigenvalue weighted by atomic mass is 9.98. The number of rotatable bonds is 5. The van der Waals surface area contributed by atoms with Crippen molar-refractivity contribution < 1.29 is 9.13 Å². The van der Waals surface area contributed by atoms with Gasteiger partial charge in [0, 0.05) is 32.3 Å². The molecule has 1 unspecified atom stereocenters. The van der Waals surface area contributed by atoms with E-state index < -0.39 is 0 Å². The predicted molar refractivity (Wildman–Crippen MR) is 74.4 cm³/mol. The van der Waals surface area contributed by atoms with E-state index in [-0.39, 0.29) is 11.9 Å². The Balaban J connectivity index is 1.97. The highest BCUT2D eigenvalue weighted by atomic mass is 19.1. The van der Waals surface area contributed by atoms with Crippen LogP contribution in [0.25, 0.3) is 0 Å². The summed E-state index contributed by atoms with van der Waals surface area (Å²) in [6.07, 6.45) is 2.23. The van der Waals surface area contributed by atoms with Crippen molar-refractivity contribution in [2.75, 3.05) is 33.4 Å². The Morgan fingerprint density at radius 2 is 1.95 bits per heavy atom.